The Kier molecular flexibility index (Phi) is 4.02. The first-order valence-corrected chi connectivity index (χ1v) is 6.29. The molecule has 0 spiro atoms. The van der Waals surface area contributed by atoms with Crippen molar-refractivity contribution in [3.63, 3.8) is 0 Å². The summed E-state index contributed by atoms with van der Waals surface area (Å²) >= 11 is 11.7. The Morgan fingerprint density at radius 2 is 1.95 bits per heavy atom. The van der Waals surface area contributed by atoms with Gasteiger partial charge in [0.2, 0.25) is 0 Å². The Hall–Kier alpha value is -1.65. The highest BCUT2D eigenvalue weighted by Gasteiger charge is 2.12. The zero-order valence-electron chi connectivity index (χ0n) is 10.4. The molecule has 0 saturated heterocycles. The van der Waals surface area contributed by atoms with Gasteiger partial charge in [-0.05, 0) is 37.6 Å². The van der Waals surface area contributed by atoms with Gasteiger partial charge in [0.15, 0.2) is 0 Å². The highest BCUT2D eigenvalue weighted by atomic mass is 35.5. The summed E-state index contributed by atoms with van der Waals surface area (Å²) in [6.45, 7) is 3.79. The molecule has 0 atom stereocenters. The molecule has 98 valence electrons. The van der Waals surface area contributed by atoms with E-state index < -0.39 is 0 Å². The number of nitrogens with zero attached hydrogens (tertiary/aromatic N) is 2. The van der Waals surface area contributed by atoms with Crippen LogP contribution in [0.25, 0.3) is 0 Å². The van der Waals surface area contributed by atoms with Gasteiger partial charge in [0.1, 0.15) is 11.0 Å². The topological polar surface area (TPSA) is 54.9 Å². The summed E-state index contributed by atoms with van der Waals surface area (Å²) in [7, 11) is 0. The van der Waals surface area contributed by atoms with E-state index in [1.54, 1.807) is 6.07 Å². The largest absolute Gasteiger partial charge is 0.306 e. The lowest BCUT2D eigenvalue weighted by Crippen LogP contribution is -2.14. The molecule has 2 aromatic rings. The molecule has 0 saturated carbocycles. The molecule has 2 aromatic heterocycles. The molecular weight excluding hydrogens is 285 g/mol. The van der Waals surface area contributed by atoms with Gasteiger partial charge in [-0.25, -0.2) is 9.97 Å². The van der Waals surface area contributed by atoms with Gasteiger partial charge < -0.3 is 5.32 Å². The second-order valence-electron chi connectivity index (χ2n) is 4.11. The number of carbonyl (C=O) groups excluding carboxylic acids is 1. The first kappa shape index (κ1) is 13.8. The van der Waals surface area contributed by atoms with Gasteiger partial charge in [-0.3, -0.25) is 4.79 Å². The van der Waals surface area contributed by atoms with E-state index >= 15 is 0 Å². The van der Waals surface area contributed by atoms with Crippen LogP contribution in [-0.2, 0) is 0 Å². The Morgan fingerprint density at radius 1 is 1.21 bits per heavy atom. The van der Waals surface area contributed by atoms with Crippen LogP contribution in [0.5, 0.6) is 0 Å². The number of aromatic nitrogens is 2. The Balaban J connectivity index is 2.28. The Morgan fingerprint density at radius 3 is 2.63 bits per heavy atom. The maximum absolute atomic E-state index is 12.1. The van der Waals surface area contributed by atoms with Crippen LogP contribution in [0.4, 0.5) is 5.82 Å². The predicted octanol–water partition coefficient (Wildman–Crippen LogP) is 3.65. The number of amides is 1. The summed E-state index contributed by atoms with van der Waals surface area (Å²) in [5.41, 5.74) is 2.11. The van der Waals surface area contributed by atoms with Crippen molar-refractivity contribution in [2.75, 3.05) is 5.32 Å². The van der Waals surface area contributed by atoms with Gasteiger partial charge in [-0.2, -0.15) is 0 Å². The van der Waals surface area contributed by atoms with Crippen LogP contribution in [0.3, 0.4) is 0 Å². The van der Waals surface area contributed by atoms with Crippen LogP contribution in [0.1, 0.15) is 21.6 Å². The first-order chi connectivity index (χ1) is 8.95. The zero-order chi connectivity index (χ0) is 14.0. The molecule has 0 aliphatic rings. The highest BCUT2D eigenvalue weighted by molar-refractivity contribution is 6.35. The monoisotopic (exact) mass is 295 g/mol. The summed E-state index contributed by atoms with van der Waals surface area (Å²) in [6, 6.07) is 5.12. The van der Waals surface area contributed by atoms with Crippen LogP contribution in [-0.4, -0.2) is 15.9 Å². The molecule has 1 amide bonds. The molecule has 0 unspecified atom stereocenters. The second kappa shape index (κ2) is 5.55. The predicted molar refractivity (Wildman–Crippen MR) is 75.9 cm³/mol. The summed E-state index contributed by atoms with van der Waals surface area (Å²) in [6.07, 6.45) is 1.34. The Labute approximate surface area is 120 Å². The lowest BCUT2D eigenvalue weighted by Gasteiger charge is -2.07. The fourth-order valence-corrected chi connectivity index (χ4v) is 2.02. The molecule has 0 aromatic carbocycles. The lowest BCUT2D eigenvalue weighted by atomic mass is 10.2. The van der Waals surface area contributed by atoms with Gasteiger partial charge in [-0.1, -0.05) is 23.2 Å². The van der Waals surface area contributed by atoms with Crippen molar-refractivity contribution < 1.29 is 4.79 Å². The highest BCUT2D eigenvalue weighted by Crippen LogP contribution is 2.19. The molecule has 19 heavy (non-hydrogen) atoms. The third-order valence-corrected chi connectivity index (χ3v) is 2.91. The molecule has 1 N–H and O–H groups in total. The SMILES string of the molecule is Cc1cc(C)nc(NC(=O)c2cc(Cl)ncc2Cl)c1. The van der Waals surface area contributed by atoms with E-state index in [2.05, 4.69) is 15.3 Å². The van der Waals surface area contributed by atoms with Crippen LogP contribution >= 0.6 is 23.2 Å². The maximum Gasteiger partial charge on any atom is 0.258 e. The molecule has 0 bridgehead atoms. The summed E-state index contributed by atoms with van der Waals surface area (Å²) in [5.74, 6) is 0.110. The van der Waals surface area contributed by atoms with Gasteiger partial charge in [-0.15, -0.1) is 0 Å². The van der Waals surface area contributed by atoms with E-state index in [9.17, 15) is 4.79 Å². The van der Waals surface area contributed by atoms with Crippen molar-refractivity contribution >= 4 is 34.9 Å². The summed E-state index contributed by atoms with van der Waals surface area (Å²) in [5, 5.41) is 3.14. The van der Waals surface area contributed by atoms with Crippen molar-refractivity contribution in [1.29, 1.82) is 0 Å². The first-order valence-electron chi connectivity index (χ1n) is 5.53. The molecule has 0 aliphatic carbocycles. The number of pyridine rings is 2. The quantitative estimate of drug-likeness (QED) is 0.861. The number of aryl methyl sites for hydroxylation is 2. The number of rotatable bonds is 2. The minimum atomic E-state index is -0.369. The summed E-state index contributed by atoms with van der Waals surface area (Å²) < 4.78 is 0. The van der Waals surface area contributed by atoms with Crippen molar-refractivity contribution in [2.24, 2.45) is 0 Å². The number of carbonyl (C=O) groups is 1. The van der Waals surface area contributed by atoms with Crippen LogP contribution in [0.15, 0.2) is 24.4 Å². The lowest BCUT2D eigenvalue weighted by molar-refractivity contribution is 0.102. The van der Waals surface area contributed by atoms with Gasteiger partial charge in [0.25, 0.3) is 5.91 Å². The van der Waals surface area contributed by atoms with E-state index in [-0.39, 0.29) is 21.6 Å². The minimum absolute atomic E-state index is 0.211. The van der Waals surface area contributed by atoms with E-state index in [1.165, 1.54) is 12.3 Å². The molecule has 0 aliphatic heterocycles. The van der Waals surface area contributed by atoms with Gasteiger partial charge in [0, 0.05) is 11.9 Å². The molecule has 2 rings (SSSR count). The molecule has 0 radical (unpaired) electrons. The van der Waals surface area contributed by atoms with E-state index in [1.807, 2.05) is 19.9 Å². The second-order valence-corrected chi connectivity index (χ2v) is 4.91. The number of hydrogen-bond donors (Lipinski definition) is 1. The molecule has 4 nitrogen and oxygen atoms in total. The maximum atomic E-state index is 12.1. The Bertz CT molecular complexity index is 624. The van der Waals surface area contributed by atoms with Crippen LogP contribution in [0.2, 0.25) is 10.2 Å². The van der Waals surface area contributed by atoms with Crippen molar-refractivity contribution in [3.05, 3.63) is 51.4 Å². The normalized spacial score (nSPS) is 10.3. The zero-order valence-corrected chi connectivity index (χ0v) is 11.9. The van der Waals surface area contributed by atoms with Crippen LogP contribution in [0, 0.1) is 13.8 Å². The van der Waals surface area contributed by atoms with E-state index in [0.717, 1.165) is 11.3 Å². The molecule has 0 fully saturated rings. The van der Waals surface area contributed by atoms with E-state index in [4.69, 9.17) is 23.2 Å². The average Bonchev–Trinajstić information content (AvgIpc) is 2.30. The van der Waals surface area contributed by atoms with Crippen molar-refractivity contribution in [3.8, 4) is 0 Å². The fraction of sp³-hybridized carbons (Fsp3) is 0.154. The number of anilines is 1. The number of nitrogens with one attached hydrogen (secondary N) is 1. The van der Waals surface area contributed by atoms with Crippen molar-refractivity contribution in [1.82, 2.24) is 9.97 Å². The number of hydrogen-bond acceptors (Lipinski definition) is 3. The fourth-order valence-electron chi connectivity index (χ4n) is 1.68. The van der Waals surface area contributed by atoms with Gasteiger partial charge >= 0.3 is 0 Å². The smallest absolute Gasteiger partial charge is 0.258 e. The minimum Gasteiger partial charge on any atom is -0.306 e. The number of halogens is 2. The standard InChI is InChI=1S/C13H11Cl2N3O/c1-7-3-8(2)17-12(4-7)18-13(19)9-5-11(15)16-6-10(9)14/h3-6H,1-2H3,(H,17,18,19). The molecule has 6 heteroatoms. The average molecular weight is 296 g/mol. The van der Waals surface area contributed by atoms with Gasteiger partial charge in [0.05, 0.1) is 10.6 Å². The third-order valence-electron chi connectivity index (χ3n) is 2.41. The van der Waals surface area contributed by atoms with Crippen LogP contribution < -0.4 is 5.32 Å². The molecular formula is C13H11Cl2N3O. The third kappa shape index (κ3) is 3.43. The molecule has 2 heterocycles. The van der Waals surface area contributed by atoms with Crippen molar-refractivity contribution in [2.45, 2.75) is 13.8 Å². The van der Waals surface area contributed by atoms with E-state index in [0.29, 0.717) is 5.82 Å². The summed E-state index contributed by atoms with van der Waals surface area (Å²) in [4.78, 5) is 20.1.